The molecule has 4 heterocycles. The van der Waals surface area contributed by atoms with E-state index in [9.17, 15) is 14.3 Å². The number of rotatable bonds is 2. The Kier molecular flexibility index (Phi) is 5.97. The highest BCUT2D eigenvalue weighted by Gasteiger charge is 2.32. The molecule has 36 heavy (non-hydrogen) atoms. The second kappa shape index (κ2) is 8.99. The lowest BCUT2D eigenvalue weighted by Gasteiger charge is -2.29. The van der Waals surface area contributed by atoms with Crippen molar-refractivity contribution in [3.05, 3.63) is 76.6 Å². The second-order valence-electron chi connectivity index (χ2n) is 9.76. The van der Waals surface area contributed by atoms with E-state index in [1.165, 1.54) is 17.3 Å². The molecule has 0 fully saturated rings. The number of nitrogens with zero attached hydrogens (tertiary/aromatic N) is 6. The molecule has 10 nitrogen and oxygen atoms in total. The minimum absolute atomic E-state index is 0.0888. The number of amides is 1. The van der Waals surface area contributed by atoms with Crippen LogP contribution in [0.25, 0.3) is 5.65 Å². The number of ether oxygens (including phenoxy) is 2. The lowest BCUT2D eigenvalue weighted by atomic mass is 10.0. The molecule has 1 aliphatic rings. The fourth-order valence-corrected chi connectivity index (χ4v) is 4.32. The summed E-state index contributed by atoms with van der Waals surface area (Å²) in [5, 5.41) is 23.6. The van der Waals surface area contributed by atoms with Gasteiger partial charge in [0.15, 0.2) is 5.65 Å². The van der Waals surface area contributed by atoms with Crippen molar-refractivity contribution in [3.63, 3.8) is 0 Å². The molecule has 188 valence electrons. The van der Waals surface area contributed by atoms with Crippen LogP contribution in [0.1, 0.15) is 54.7 Å². The molecule has 1 amide bonds. The van der Waals surface area contributed by atoms with Crippen LogP contribution in [-0.4, -0.2) is 41.2 Å². The zero-order chi connectivity index (χ0) is 25.6. The van der Waals surface area contributed by atoms with Crippen LogP contribution in [0.15, 0.2) is 43.0 Å². The molecule has 0 radical (unpaired) electrons. The minimum atomic E-state index is -1.05. The zero-order valence-corrected chi connectivity index (χ0v) is 20.5. The van der Waals surface area contributed by atoms with Crippen molar-refractivity contribution in [2.24, 2.45) is 7.05 Å². The zero-order valence-electron chi connectivity index (χ0n) is 20.5. The van der Waals surface area contributed by atoms with Gasteiger partial charge in [0.05, 0.1) is 26.0 Å². The van der Waals surface area contributed by atoms with Gasteiger partial charge in [-0.25, -0.2) is 9.18 Å². The maximum absolute atomic E-state index is 15.0. The fraction of sp³-hybridized carbons (Fsp3) is 0.360. The van der Waals surface area contributed by atoms with Crippen molar-refractivity contribution in [2.45, 2.75) is 52.2 Å². The molecule has 3 aromatic heterocycles. The summed E-state index contributed by atoms with van der Waals surface area (Å²) in [7, 11) is 1.76. The van der Waals surface area contributed by atoms with Gasteiger partial charge in [-0.3, -0.25) is 14.0 Å². The Bertz CT molecular complexity index is 1440. The van der Waals surface area contributed by atoms with Crippen LogP contribution in [0.2, 0.25) is 0 Å². The van der Waals surface area contributed by atoms with Crippen molar-refractivity contribution >= 4 is 17.6 Å². The van der Waals surface area contributed by atoms with Gasteiger partial charge in [-0.15, -0.1) is 10.2 Å². The van der Waals surface area contributed by atoms with Crippen LogP contribution < -0.4 is 4.90 Å². The van der Waals surface area contributed by atoms with Gasteiger partial charge >= 0.3 is 6.09 Å². The topological polar surface area (TPSA) is 107 Å². The number of halogens is 1. The van der Waals surface area contributed by atoms with Gasteiger partial charge in [0.2, 0.25) is 0 Å². The molecule has 1 atom stereocenters. The maximum atomic E-state index is 15.0. The summed E-state index contributed by atoms with van der Waals surface area (Å²) in [5.74, 6) is -0.0702. The number of aromatic nitrogens is 5. The molecule has 0 spiro atoms. The van der Waals surface area contributed by atoms with Gasteiger partial charge in [0.25, 0.3) is 0 Å². The van der Waals surface area contributed by atoms with E-state index in [2.05, 4.69) is 15.3 Å². The van der Waals surface area contributed by atoms with Crippen LogP contribution in [0.3, 0.4) is 0 Å². The van der Waals surface area contributed by atoms with Gasteiger partial charge in [-0.2, -0.15) is 5.10 Å². The molecular formula is C25H27FN6O4. The first-order valence-corrected chi connectivity index (χ1v) is 11.5. The Hall–Kier alpha value is -3.83. The number of aliphatic hydroxyl groups excluding tert-OH is 1. The summed E-state index contributed by atoms with van der Waals surface area (Å²) in [5.41, 5.74) is 2.14. The van der Waals surface area contributed by atoms with Gasteiger partial charge < -0.3 is 14.6 Å². The number of hydrogen-bond acceptors (Lipinski definition) is 7. The largest absolute Gasteiger partial charge is 0.443 e. The lowest BCUT2D eigenvalue weighted by molar-refractivity contribution is 0.0575. The molecule has 1 aliphatic heterocycles. The van der Waals surface area contributed by atoms with Crippen LogP contribution >= 0.6 is 0 Å². The van der Waals surface area contributed by atoms with Crippen LogP contribution in [-0.2, 0) is 36.3 Å². The summed E-state index contributed by atoms with van der Waals surface area (Å²) in [6, 6.07) is 6.47. The highest BCUT2D eigenvalue weighted by Crippen LogP contribution is 2.35. The third-order valence-corrected chi connectivity index (χ3v) is 5.90. The Morgan fingerprint density at radius 1 is 1.25 bits per heavy atom. The van der Waals surface area contributed by atoms with E-state index < -0.39 is 23.6 Å². The number of anilines is 1. The van der Waals surface area contributed by atoms with Gasteiger partial charge in [-0.1, -0.05) is 12.1 Å². The smallest absolute Gasteiger partial charge is 0.416 e. The van der Waals surface area contributed by atoms with Crippen LogP contribution in [0, 0.1) is 5.82 Å². The van der Waals surface area contributed by atoms with Gasteiger partial charge in [0, 0.05) is 35.5 Å². The Morgan fingerprint density at radius 2 is 2.03 bits per heavy atom. The van der Waals surface area contributed by atoms with E-state index in [-0.39, 0.29) is 19.8 Å². The molecule has 1 N–H and O–H groups in total. The first-order valence-electron chi connectivity index (χ1n) is 11.5. The molecule has 5 rings (SSSR count). The molecule has 0 saturated carbocycles. The van der Waals surface area contributed by atoms with Crippen LogP contribution in [0.4, 0.5) is 15.0 Å². The third-order valence-electron chi connectivity index (χ3n) is 5.90. The number of carbonyl (C=O) groups excluding carboxylic acids is 1. The molecular weight excluding hydrogens is 467 g/mol. The first-order chi connectivity index (χ1) is 17.1. The Morgan fingerprint density at radius 3 is 2.75 bits per heavy atom. The van der Waals surface area contributed by atoms with E-state index in [0.29, 0.717) is 39.3 Å². The molecule has 1 unspecified atom stereocenters. The van der Waals surface area contributed by atoms with E-state index in [4.69, 9.17) is 9.47 Å². The summed E-state index contributed by atoms with van der Waals surface area (Å²) >= 11 is 0. The first kappa shape index (κ1) is 23.9. The lowest BCUT2D eigenvalue weighted by Crippen LogP contribution is -2.38. The van der Waals surface area contributed by atoms with E-state index in [1.54, 1.807) is 67.5 Å². The molecule has 0 aliphatic carbocycles. The third kappa shape index (κ3) is 4.42. The molecule has 0 saturated heterocycles. The highest BCUT2D eigenvalue weighted by atomic mass is 19.1. The predicted octanol–water partition coefficient (Wildman–Crippen LogP) is 3.66. The van der Waals surface area contributed by atoms with Crippen molar-refractivity contribution in [1.82, 2.24) is 24.4 Å². The van der Waals surface area contributed by atoms with Crippen molar-refractivity contribution in [2.75, 3.05) is 4.90 Å². The SMILES string of the molecule is Cn1cc(C(O)c2cc3c(n4cnnc24)N(C(=O)OC(C)(C)C)Cc2c(F)cccc2COC3)cn1. The predicted molar refractivity (Wildman–Crippen MR) is 128 cm³/mol. The molecule has 4 aromatic rings. The summed E-state index contributed by atoms with van der Waals surface area (Å²) in [6.07, 6.45) is 3.03. The summed E-state index contributed by atoms with van der Waals surface area (Å²) in [6.45, 7) is 5.44. The highest BCUT2D eigenvalue weighted by molar-refractivity contribution is 5.88. The van der Waals surface area contributed by atoms with Gasteiger partial charge in [-0.05, 0) is 38.5 Å². The minimum Gasteiger partial charge on any atom is -0.443 e. The van der Waals surface area contributed by atoms with Crippen molar-refractivity contribution < 1.29 is 23.8 Å². The molecule has 0 bridgehead atoms. The quantitative estimate of drug-likeness (QED) is 0.453. The molecule has 1 aromatic carbocycles. The van der Waals surface area contributed by atoms with E-state index >= 15 is 0 Å². The monoisotopic (exact) mass is 494 g/mol. The van der Waals surface area contributed by atoms with E-state index in [1.807, 2.05) is 0 Å². The van der Waals surface area contributed by atoms with E-state index in [0.717, 1.165) is 0 Å². The molecule has 11 heteroatoms. The van der Waals surface area contributed by atoms with Crippen molar-refractivity contribution in [3.8, 4) is 0 Å². The maximum Gasteiger partial charge on any atom is 0.416 e. The fourth-order valence-electron chi connectivity index (χ4n) is 4.32. The number of aliphatic hydroxyl groups is 1. The standard InChI is InChI=1S/C25H27FN6O4/c1-25(2,3)36-24(34)31-11-19-15(6-5-7-20(19)26)12-35-13-16-8-18(21(33)17-9-28-30(4)10-17)22-29-27-14-32(22)23(16)31/h5-10,14,21,33H,11-13H2,1-4H3. The Balaban J connectivity index is 1.71. The van der Waals surface area contributed by atoms with Crippen LogP contribution in [0.5, 0.6) is 0 Å². The van der Waals surface area contributed by atoms with Crippen molar-refractivity contribution in [1.29, 1.82) is 0 Å². The number of carbonyl (C=O) groups is 1. The average molecular weight is 495 g/mol. The number of benzene rings is 1. The summed E-state index contributed by atoms with van der Waals surface area (Å²) < 4.78 is 29.8. The van der Waals surface area contributed by atoms with Gasteiger partial charge in [0.1, 0.15) is 29.7 Å². The summed E-state index contributed by atoms with van der Waals surface area (Å²) in [4.78, 5) is 14.9. The number of aryl methyl sites for hydroxylation is 1. The second-order valence-corrected chi connectivity index (χ2v) is 9.76. The number of fused-ring (bicyclic) bond motifs is 4. The Labute approximate surface area is 206 Å². The average Bonchev–Trinajstić information content (AvgIpc) is 3.47. The number of pyridine rings is 1. The normalized spacial score (nSPS) is 15.0. The number of hydrogen-bond donors (Lipinski definition) is 1.